The number of fused-ring (bicyclic) bond motifs is 1. The Morgan fingerprint density at radius 1 is 1.07 bits per heavy atom. The van der Waals surface area contributed by atoms with E-state index in [0.717, 1.165) is 16.8 Å². The molecule has 1 aliphatic rings. The van der Waals surface area contributed by atoms with Crippen LogP contribution in [0.4, 0.5) is 0 Å². The molecule has 0 bridgehead atoms. The highest BCUT2D eigenvalue weighted by Crippen LogP contribution is 2.34. The molecular weight excluding hydrogens is 399 g/mol. The lowest BCUT2D eigenvalue weighted by Crippen LogP contribution is -2.20. The first-order valence-corrected chi connectivity index (χ1v) is 9.44. The molecule has 5 rings (SSSR count). The van der Waals surface area contributed by atoms with Gasteiger partial charge in [0.05, 0.1) is 25.2 Å². The Bertz CT molecular complexity index is 1150. The molecule has 0 amide bonds. The van der Waals surface area contributed by atoms with Gasteiger partial charge < -0.3 is 13.8 Å². The van der Waals surface area contributed by atoms with Crippen LogP contribution in [-0.4, -0.2) is 19.7 Å². The van der Waals surface area contributed by atoms with E-state index in [9.17, 15) is 0 Å². The van der Waals surface area contributed by atoms with Crippen molar-refractivity contribution in [2.45, 2.75) is 19.3 Å². The van der Waals surface area contributed by atoms with Crippen molar-refractivity contribution in [3.63, 3.8) is 0 Å². The Hall–Kier alpha value is -2.67. The molecule has 28 heavy (non-hydrogen) atoms. The van der Waals surface area contributed by atoms with Gasteiger partial charge in [-0.25, -0.2) is 4.98 Å². The van der Waals surface area contributed by atoms with Crippen molar-refractivity contribution in [1.29, 1.82) is 0 Å². The van der Waals surface area contributed by atoms with Crippen molar-refractivity contribution in [3.05, 3.63) is 76.2 Å². The molecule has 1 atom stereocenters. The van der Waals surface area contributed by atoms with Crippen LogP contribution in [0.5, 0.6) is 0 Å². The van der Waals surface area contributed by atoms with Gasteiger partial charge in [-0.2, -0.15) is 4.98 Å². The average molecular weight is 413 g/mol. The van der Waals surface area contributed by atoms with Crippen LogP contribution in [-0.2, 0) is 17.9 Å². The third-order valence-electron chi connectivity index (χ3n) is 4.69. The summed E-state index contributed by atoms with van der Waals surface area (Å²) in [7, 11) is 0. The standard InChI is InChI=1S/C20H14Cl2N4O2/c21-13-5-3-4-12(8-13)19-24-20(28-25-19)18-16-10-27-17(9-26(16)11-23-18)14-6-1-2-7-15(14)22/h1-8,11,17H,9-10H2/t17-/m1/s1. The van der Waals surface area contributed by atoms with E-state index in [-0.39, 0.29) is 6.10 Å². The highest BCUT2D eigenvalue weighted by molar-refractivity contribution is 6.31. The average Bonchev–Trinajstić information content (AvgIpc) is 3.35. The maximum atomic E-state index is 6.31. The second-order valence-corrected chi connectivity index (χ2v) is 7.29. The Labute approximate surface area is 170 Å². The van der Waals surface area contributed by atoms with Gasteiger partial charge in [0.1, 0.15) is 6.10 Å². The van der Waals surface area contributed by atoms with E-state index in [2.05, 4.69) is 15.1 Å². The summed E-state index contributed by atoms with van der Waals surface area (Å²) < 4.78 is 13.5. The van der Waals surface area contributed by atoms with Crippen LogP contribution < -0.4 is 0 Å². The largest absolute Gasteiger partial charge is 0.365 e. The van der Waals surface area contributed by atoms with Gasteiger partial charge in [-0.15, -0.1) is 0 Å². The van der Waals surface area contributed by atoms with Crippen LogP contribution in [0.3, 0.4) is 0 Å². The lowest BCUT2D eigenvalue weighted by atomic mass is 10.1. The Kier molecular flexibility index (Phi) is 4.39. The molecule has 1 aliphatic heterocycles. The summed E-state index contributed by atoms with van der Waals surface area (Å²) in [5.74, 6) is 0.813. The Balaban J connectivity index is 1.44. The van der Waals surface area contributed by atoms with Gasteiger partial charge in [-0.3, -0.25) is 0 Å². The van der Waals surface area contributed by atoms with Crippen molar-refractivity contribution >= 4 is 23.2 Å². The third kappa shape index (κ3) is 3.09. The molecule has 8 heteroatoms. The fourth-order valence-electron chi connectivity index (χ4n) is 3.29. The van der Waals surface area contributed by atoms with E-state index < -0.39 is 0 Å². The van der Waals surface area contributed by atoms with Gasteiger partial charge in [0.2, 0.25) is 5.82 Å². The van der Waals surface area contributed by atoms with Crippen molar-refractivity contribution in [2.75, 3.05) is 0 Å². The molecule has 2 aromatic heterocycles. The fraction of sp³-hybridized carbons (Fsp3) is 0.150. The third-order valence-corrected chi connectivity index (χ3v) is 5.27. The van der Waals surface area contributed by atoms with Crippen molar-refractivity contribution in [1.82, 2.24) is 19.7 Å². The zero-order chi connectivity index (χ0) is 19.1. The summed E-state index contributed by atoms with van der Waals surface area (Å²) >= 11 is 12.4. The number of benzene rings is 2. The summed E-state index contributed by atoms with van der Waals surface area (Å²) in [4.78, 5) is 8.95. The first kappa shape index (κ1) is 17.4. The molecule has 0 radical (unpaired) electrons. The van der Waals surface area contributed by atoms with Crippen LogP contribution in [0.1, 0.15) is 17.4 Å². The molecule has 0 saturated carbocycles. The molecule has 6 nitrogen and oxygen atoms in total. The number of halogens is 2. The zero-order valence-corrected chi connectivity index (χ0v) is 16.1. The molecular formula is C20H14Cl2N4O2. The molecule has 0 spiro atoms. The van der Waals surface area contributed by atoms with E-state index >= 15 is 0 Å². The first-order chi connectivity index (χ1) is 13.7. The van der Waals surface area contributed by atoms with Crippen LogP contribution in [0.15, 0.2) is 59.4 Å². The van der Waals surface area contributed by atoms with Gasteiger partial charge in [-0.1, -0.05) is 58.7 Å². The quantitative estimate of drug-likeness (QED) is 0.463. The Morgan fingerprint density at radius 2 is 1.96 bits per heavy atom. The lowest BCUT2D eigenvalue weighted by molar-refractivity contribution is 0.00336. The number of rotatable bonds is 3. The van der Waals surface area contributed by atoms with Gasteiger partial charge in [0.15, 0.2) is 5.69 Å². The van der Waals surface area contributed by atoms with Crippen LogP contribution in [0.2, 0.25) is 10.0 Å². The van der Waals surface area contributed by atoms with E-state index in [4.69, 9.17) is 32.5 Å². The summed E-state index contributed by atoms with van der Waals surface area (Å²) in [5, 5.41) is 5.36. The smallest absolute Gasteiger partial charge is 0.278 e. The maximum absolute atomic E-state index is 6.31. The molecule has 3 heterocycles. The SMILES string of the molecule is Clc1cccc(-c2noc(-c3ncn4c3CO[C@@H](c3ccccc3Cl)C4)n2)c1. The highest BCUT2D eigenvalue weighted by atomic mass is 35.5. The minimum atomic E-state index is -0.132. The van der Waals surface area contributed by atoms with Gasteiger partial charge in [-0.05, 0) is 18.2 Å². The predicted octanol–water partition coefficient (Wildman–Crippen LogP) is 5.18. The van der Waals surface area contributed by atoms with E-state index in [1.807, 2.05) is 41.0 Å². The number of imidazole rings is 1. The molecule has 0 unspecified atom stereocenters. The number of hydrogen-bond acceptors (Lipinski definition) is 5. The minimum absolute atomic E-state index is 0.132. The van der Waals surface area contributed by atoms with Crippen molar-refractivity contribution in [2.24, 2.45) is 0 Å². The molecule has 0 fully saturated rings. The predicted molar refractivity (Wildman–Crippen MR) is 105 cm³/mol. The van der Waals surface area contributed by atoms with Gasteiger partial charge >= 0.3 is 0 Å². The molecule has 2 aromatic carbocycles. The monoisotopic (exact) mass is 412 g/mol. The maximum Gasteiger partial charge on any atom is 0.278 e. The van der Waals surface area contributed by atoms with Crippen LogP contribution in [0.25, 0.3) is 23.0 Å². The second kappa shape index (κ2) is 7.05. The summed E-state index contributed by atoms with van der Waals surface area (Å²) in [5.41, 5.74) is 3.26. The number of nitrogens with zero attached hydrogens (tertiary/aromatic N) is 4. The van der Waals surface area contributed by atoms with Crippen LogP contribution in [0, 0.1) is 0 Å². The summed E-state index contributed by atoms with van der Waals surface area (Å²) in [6, 6.07) is 15.0. The van der Waals surface area contributed by atoms with Crippen molar-refractivity contribution in [3.8, 4) is 23.0 Å². The van der Waals surface area contributed by atoms with E-state index in [1.54, 1.807) is 18.5 Å². The van der Waals surface area contributed by atoms with Crippen molar-refractivity contribution < 1.29 is 9.26 Å². The summed E-state index contributed by atoms with van der Waals surface area (Å²) in [6.07, 6.45) is 1.63. The molecule has 0 aliphatic carbocycles. The molecule has 4 aromatic rings. The molecule has 0 saturated heterocycles. The fourth-order valence-corrected chi connectivity index (χ4v) is 3.74. The second-order valence-electron chi connectivity index (χ2n) is 6.45. The summed E-state index contributed by atoms with van der Waals surface area (Å²) in [6.45, 7) is 0.988. The lowest BCUT2D eigenvalue weighted by Gasteiger charge is -2.26. The van der Waals surface area contributed by atoms with E-state index in [1.165, 1.54) is 0 Å². The number of aromatic nitrogens is 4. The number of hydrogen-bond donors (Lipinski definition) is 0. The zero-order valence-electron chi connectivity index (χ0n) is 14.5. The molecule has 140 valence electrons. The van der Waals surface area contributed by atoms with Gasteiger partial charge in [0.25, 0.3) is 5.89 Å². The van der Waals surface area contributed by atoms with Gasteiger partial charge in [0, 0.05) is 21.2 Å². The number of ether oxygens (including phenoxy) is 1. The van der Waals surface area contributed by atoms with E-state index in [0.29, 0.717) is 40.6 Å². The normalized spacial score (nSPS) is 16.1. The topological polar surface area (TPSA) is 66.0 Å². The highest BCUT2D eigenvalue weighted by Gasteiger charge is 2.27. The van der Waals surface area contributed by atoms with Crippen LogP contribution >= 0.6 is 23.2 Å². The first-order valence-electron chi connectivity index (χ1n) is 8.69. The minimum Gasteiger partial charge on any atom is -0.365 e. The molecule has 0 N–H and O–H groups in total. The Morgan fingerprint density at radius 3 is 2.82 bits per heavy atom.